The second-order valence-electron chi connectivity index (χ2n) is 11.5. The van der Waals surface area contributed by atoms with Crippen molar-refractivity contribution >= 4 is 11.6 Å². The number of aromatic nitrogens is 2. The Morgan fingerprint density at radius 1 is 1.09 bits per heavy atom. The molecule has 1 N–H and O–H groups in total. The molecular formula is C28H34N4O. The van der Waals surface area contributed by atoms with E-state index in [2.05, 4.69) is 41.0 Å². The number of para-hydroxylation sites is 1. The van der Waals surface area contributed by atoms with E-state index in [1.54, 1.807) is 6.07 Å². The summed E-state index contributed by atoms with van der Waals surface area (Å²) in [6.45, 7) is 4.95. The molecule has 33 heavy (non-hydrogen) atoms. The monoisotopic (exact) mass is 442 g/mol. The van der Waals surface area contributed by atoms with Crippen LogP contribution in [0.3, 0.4) is 0 Å². The molecule has 2 heterocycles. The van der Waals surface area contributed by atoms with Crippen molar-refractivity contribution in [3.05, 3.63) is 48.0 Å². The minimum atomic E-state index is 0.0346. The molecule has 5 nitrogen and oxygen atoms in total. The first-order chi connectivity index (χ1) is 16.0. The fourth-order valence-electron chi connectivity index (χ4n) is 8.79. The lowest BCUT2D eigenvalue weighted by Crippen LogP contribution is -2.54. The van der Waals surface area contributed by atoms with Gasteiger partial charge in [0, 0.05) is 30.8 Å². The van der Waals surface area contributed by atoms with Crippen LogP contribution in [0.5, 0.6) is 0 Å². The fraction of sp³-hybridized carbons (Fsp3) is 0.607. The van der Waals surface area contributed by atoms with E-state index in [0.717, 1.165) is 37.5 Å². The Labute approximate surface area is 196 Å². The molecule has 4 aliphatic rings. The molecule has 7 atom stereocenters. The van der Waals surface area contributed by atoms with Crippen LogP contribution < -0.4 is 5.32 Å². The third-order valence-electron chi connectivity index (χ3n) is 10.4. The number of nitrogens with one attached hydrogen (secondary N) is 1. The van der Waals surface area contributed by atoms with Crippen LogP contribution in [0, 0.1) is 45.8 Å². The smallest absolute Gasteiger partial charge is 0.228 e. The molecule has 5 heteroatoms. The number of aryl methyl sites for hydroxylation is 1. The van der Waals surface area contributed by atoms with Crippen molar-refractivity contribution in [3.8, 4) is 6.07 Å². The van der Waals surface area contributed by atoms with Gasteiger partial charge in [-0.15, -0.1) is 0 Å². The molecule has 2 aromatic rings. The van der Waals surface area contributed by atoms with Gasteiger partial charge in [0.1, 0.15) is 11.9 Å². The van der Waals surface area contributed by atoms with E-state index in [1.807, 2.05) is 24.4 Å². The van der Waals surface area contributed by atoms with Crippen LogP contribution in [0.25, 0.3) is 0 Å². The molecule has 1 amide bonds. The SMILES string of the molecule is C[C@]12CC[C@H]3[C@@H](CCC4n5ccnc5CC[C@@]43C)[C@@H]1CC[C@@H]2C(=O)Nc1ccccc1C#N. The van der Waals surface area contributed by atoms with E-state index in [0.29, 0.717) is 28.6 Å². The van der Waals surface area contributed by atoms with Crippen molar-refractivity contribution in [1.82, 2.24) is 9.55 Å². The summed E-state index contributed by atoms with van der Waals surface area (Å²) < 4.78 is 2.49. The average molecular weight is 443 g/mol. The third kappa shape index (κ3) is 2.95. The highest BCUT2D eigenvalue weighted by Gasteiger charge is 2.61. The Hall–Kier alpha value is -2.61. The first kappa shape index (κ1) is 21.0. The van der Waals surface area contributed by atoms with Gasteiger partial charge in [-0.1, -0.05) is 26.0 Å². The zero-order valence-electron chi connectivity index (χ0n) is 19.8. The normalized spacial score (nSPS) is 38.9. The standard InChI is InChI=1S/C28H34N4O/c1-27-13-11-21-19(7-10-24-28(21,2)14-12-25-30-15-16-32(24)25)20(27)8-9-22(27)26(33)31-23-6-4-3-5-18(23)17-29/h3-6,15-16,19-22,24H,7-14H2,1-2H3,(H,31,33)/t19-,20-,21-,22+,24?,27-,28+/m0/s1. The van der Waals surface area contributed by atoms with Gasteiger partial charge in [-0.2, -0.15) is 5.26 Å². The molecule has 1 aromatic heterocycles. The quantitative estimate of drug-likeness (QED) is 0.645. The van der Waals surface area contributed by atoms with Crippen molar-refractivity contribution < 1.29 is 4.79 Å². The second kappa shape index (κ2) is 7.45. The average Bonchev–Trinajstić information content (AvgIpc) is 3.43. The number of hydrogen-bond acceptors (Lipinski definition) is 3. The van der Waals surface area contributed by atoms with Crippen LogP contribution in [0.2, 0.25) is 0 Å². The molecule has 1 aliphatic heterocycles. The van der Waals surface area contributed by atoms with Gasteiger partial charge in [0.2, 0.25) is 5.91 Å². The number of benzene rings is 1. The zero-order chi connectivity index (χ0) is 22.8. The number of fused-ring (bicyclic) bond motifs is 7. The first-order valence-corrected chi connectivity index (χ1v) is 12.8. The summed E-state index contributed by atoms with van der Waals surface area (Å²) >= 11 is 0. The number of anilines is 1. The largest absolute Gasteiger partial charge is 0.331 e. The van der Waals surface area contributed by atoms with E-state index in [-0.39, 0.29) is 17.2 Å². The lowest BCUT2D eigenvalue weighted by molar-refractivity contribution is -0.130. The van der Waals surface area contributed by atoms with Crippen LogP contribution in [-0.4, -0.2) is 15.5 Å². The summed E-state index contributed by atoms with van der Waals surface area (Å²) in [5.74, 6) is 3.51. The number of imidazole rings is 1. The number of hydrogen-bond donors (Lipinski definition) is 1. The van der Waals surface area contributed by atoms with E-state index in [4.69, 9.17) is 0 Å². The van der Waals surface area contributed by atoms with Crippen molar-refractivity contribution in [2.75, 3.05) is 5.32 Å². The fourth-order valence-corrected chi connectivity index (χ4v) is 8.79. The summed E-state index contributed by atoms with van der Waals surface area (Å²) in [6, 6.07) is 10.1. The predicted molar refractivity (Wildman–Crippen MR) is 127 cm³/mol. The Morgan fingerprint density at radius 2 is 1.91 bits per heavy atom. The molecular weight excluding hydrogens is 408 g/mol. The van der Waals surface area contributed by atoms with Gasteiger partial charge in [-0.25, -0.2) is 4.98 Å². The van der Waals surface area contributed by atoms with E-state index in [9.17, 15) is 10.1 Å². The van der Waals surface area contributed by atoms with Crippen LogP contribution in [0.4, 0.5) is 5.69 Å². The molecule has 6 rings (SSSR count). The van der Waals surface area contributed by atoms with Crippen molar-refractivity contribution in [1.29, 1.82) is 5.26 Å². The Bertz CT molecular complexity index is 1130. The Kier molecular flexibility index (Phi) is 4.73. The molecule has 3 aliphatic carbocycles. The second-order valence-corrected chi connectivity index (χ2v) is 11.5. The summed E-state index contributed by atoms with van der Waals surface area (Å²) in [5, 5.41) is 12.5. The molecule has 3 saturated carbocycles. The highest BCUT2D eigenvalue weighted by molar-refractivity contribution is 5.94. The highest BCUT2D eigenvalue weighted by Crippen LogP contribution is 2.67. The lowest BCUT2D eigenvalue weighted by Gasteiger charge is -2.60. The summed E-state index contributed by atoms with van der Waals surface area (Å²) in [4.78, 5) is 18.1. The molecule has 0 saturated heterocycles. The molecule has 172 valence electrons. The lowest BCUT2D eigenvalue weighted by atomic mass is 9.47. The van der Waals surface area contributed by atoms with Crippen LogP contribution >= 0.6 is 0 Å². The van der Waals surface area contributed by atoms with Gasteiger partial charge < -0.3 is 9.88 Å². The van der Waals surface area contributed by atoms with Gasteiger partial charge in [0.15, 0.2) is 0 Å². The molecule has 1 aromatic carbocycles. The molecule has 0 spiro atoms. The van der Waals surface area contributed by atoms with Gasteiger partial charge in [0.05, 0.1) is 11.3 Å². The molecule has 1 unspecified atom stereocenters. The number of amides is 1. The molecule has 0 radical (unpaired) electrons. The predicted octanol–water partition coefficient (Wildman–Crippen LogP) is 5.74. The summed E-state index contributed by atoms with van der Waals surface area (Å²) in [5.41, 5.74) is 1.59. The number of rotatable bonds is 2. The molecule has 3 fully saturated rings. The maximum Gasteiger partial charge on any atom is 0.228 e. The number of carbonyl (C=O) groups is 1. The minimum Gasteiger partial charge on any atom is -0.331 e. The van der Waals surface area contributed by atoms with Crippen molar-refractivity contribution in [2.45, 2.75) is 71.3 Å². The Morgan fingerprint density at radius 3 is 2.76 bits per heavy atom. The topological polar surface area (TPSA) is 70.7 Å². The number of nitrogens with zero attached hydrogens (tertiary/aromatic N) is 3. The maximum atomic E-state index is 13.5. The minimum absolute atomic E-state index is 0.0346. The van der Waals surface area contributed by atoms with Gasteiger partial charge in [0.25, 0.3) is 0 Å². The van der Waals surface area contributed by atoms with Gasteiger partial charge in [-0.05, 0) is 85.7 Å². The van der Waals surface area contributed by atoms with Crippen LogP contribution in [0.1, 0.15) is 76.2 Å². The first-order valence-electron chi connectivity index (χ1n) is 12.8. The Balaban J connectivity index is 1.24. The van der Waals surface area contributed by atoms with Crippen LogP contribution in [0.15, 0.2) is 36.7 Å². The van der Waals surface area contributed by atoms with E-state index < -0.39 is 0 Å². The maximum absolute atomic E-state index is 13.5. The van der Waals surface area contributed by atoms with Crippen molar-refractivity contribution in [3.63, 3.8) is 0 Å². The highest BCUT2D eigenvalue weighted by atomic mass is 16.1. The van der Waals surface area contributed by atoms with Gasteiger partial charge in [-0.3, -0.25) is 4.79 Å². The summed E-state index contributed by atoms with van der Waals surface area (Å²) in [6.07, 6.45) is 13.5. The number of nitriles is 1. The summed E-state index contributed by atoms with van der Waals surface area (Å²) in [7, 11) is 0. The van der Waals surface area contributed by atoms with Crippen molar-refractivity contribution in [2.24, 2.45) is 34.5 Å². The van der Waals surface area contributed by atoms with E-state index >= 15 is 0 Å². The zero-order valence-corrected chi connectivity index (χ0v) is 19.8. The third-order valence-corrected chi connectivity index (χ3v) is 10.4. The molecule has 0 bridgehead atoms. The van der Waals surface area contributed by atoms with Crippen LogP contribution in [-0.2, 0) is 11.2 Å². The van der Waals surface area contributed by atoms with Gasteiger partial charge >= 0.3 is 0 Å². The number of carbonyl (C=O) groups excluding carboxylic acids is 1. The van der Waals surface area contributed by atoms with E-state index in [1.165, 1.54) is 31.5 Å².